The summed E-state index contributed by atoms with van der Waals surface area (Å²) in [4.78, 5) is 28.3. The number of benzene rings is 1. The summed E-state index contributed by atoms with van der Waals surface area (Å²) in [7, 11) is 0. The monoisotopic (exact) mass is 359 g/mol. The molecule has 0 radical (unpaired) electrons. The van der Waals surface area contributed by atoms with Gasteiger partial charge in [-0.15, -0.1) is 0 Å². The van der Waals surface area contributed by atoms with E-state index in [1.54, 1.807) is 10.6 Å². The number of anilines is 1. The van der Waals surface area contributed by atoms with Crippen molar-refractivity contribution in [3.05, 3.63) is 39.9 Å². The molecule has 3 saturated heterocycles. The molecule has 7 heteroatoms. The molecule has 3 aliphatic rings. The Bertz CT molecular complexity index is 932. The number of aryl methyl sites for hydroxylation is 1. The fourth-order valence-electron chi connectivity index (χ4n) is 4.24. The van der Waals surface area contributed by atoms with E-state index in [-0.39, 0.29) is 10.9 Å². The van der Waals surface area contributed by atoms with Gasteiger partial charge in [0.1, 0.15) is 11.4 Å². The molecule has 1 aromatic heterocycles. The van der Waals surface area contributed by atoms with Crippen molar-refractivity contribution in [2.45, 2.75) is 32.4 Å². The number of carboxylic acids is 1. The maximum atomic E-state index is 15.0. The topological polar surface area (TPSA) is 65.8 Å². The lowest BCUT2D eigenvalue weighted by Gasteiger charge is -2.33. The zero-order chi connectivity index (χ0) is 18.4. The van der Waals surface area contributed by atoms with Crippen LogP contribution in [0.15, 0.2) is 23.1 Å². The third-order valence-corrected chi connectivity index (χ3v) is 5.68. The van der Waals surface area contributed by atoms with Gasteiger partial charge in [0.2, 0.25) is 5.43 Å². The molecule has 6 nitrogen and oxygen atoms in total. The van der Waals surface area contributed by atoms with Crippen LogP contribution in [-0.2, 0) is 6.54 Å². The van der Waals surface area contributed by atoms with E-state index < -0.39 is 17.2 Å². The van der Waals surface area contributed by atoms with Crippen molar-refractivity contribution in [3.63, 3.8) is 0 Å². The van der Waals surface area contributed by atoms with Crippen molar-refractivity contribution in [2.75, 3.05) is 31.1 Å². The summed E-state index contributed by atoms with van der Waals surface area (Å²) in [6.07, 6.45) is 3.38. The van der Waals surface area contributed by atoms with Crippen molar-refractivity contribution in [1.29, 1.82) is 0 Å². The number of carbonyl (C=O) groups is 1. The second kappa shape index (κ2) is 6.39. The molecule has 0 atom stereocenters. The second-order valence-electron chi connectivity index (χ2n) is 7.05. The average Bonchev–Trinajstić information content (AvgIpc) is 2.95. The molecule has 0 saturated carbocycles. The SMILES string of the molecule is CCn1cc(C(=O)O)c(=O)c2cc(F)c(N3CCN4CCC3CC4)cc21. The molecule has 3 fully saturated rings. The summed E-state index contributed by atoms with van der Waals surface area (Å²) in [5.41, 5.74) is 0.132. The van der Waals surface area contributed by atoms with Gasteiger partial charge < -0.3 is 19.5 Å². The normalized spacial score (nSPS) is 22.6. The van der Waals surface area contributed by atoms with Crippen LogP contribution in [0.4, 0.5) is 10.1 Å². The Morgan fingerprint density at radius 3 is 2.62 bits per heavy atom. The van der Waals surface area contributed by atoms with Crippen molar-refractivity contribution in [2.24, 2.45) is 0 Å². The maximum Gasteiger partial charge on any atom is 0.341 e. The van der Waals surface area contributed by atoms with Crippen LogP contribution >= 0.6 is 0 Å². The molecule has 1 N–H and O–H groups in total. The molecule has 2 aromatic rings. The van der Waals surface area contributed by atoms with Crippen LogP contribution < -0.4 is 10.3 Å². The molecule has 138 valence electrons. The summed E-state index contributed by atoms with van der Waals surface area (Å²) >= 11 is 0. The largest absolute Gasteiger partial charge is 0.477 e. The molecular formula is C19H22FN3O3. The second-order valence-corrected chi connectivity index (χ2v) is 7.05. The number of aromatic nitrogens is 1. The van der Waals surface area contributed by atoms with Crippen molar-refractivity contribution < 1.29 is 14.3 Å². The van der Waals surface area contributed by atoms with Gasteiger partial charge in [-0.1, -0.05) is 0 Å². The summed E-state index contributed by atoms with van der Waals surface area (Å²) in [5, 5.41) is 9.38. The van der Waals surface area contributed by atoms with Crippen LogP contribution in [-0.4, -0.2) is 52.8 Å². The van der Waals surface area contributed by atoms with Crippen LogP contribution in [0.5, 0.6) is 0 Å². The highest BCUT2D eigenvalue weighted by Crippen LogP contribution is 2.31. The van der Waals surface area contributed by atoms with E-state index in [2.05, 4.69) is 9.80 Å². The van der Waals surface area contributed by atoms with Crippen LogP contribution in [0, 0.1) is 5.82 Å². The average molecular weight is 359 g/mol. The van der Waals surface area contributed by atoms with E-state index in [0.717, 1.165) is 39.0 Å². The van der Waals surface area contributed by atoms with E-state index >= 15 is 0 Å². The molecule has 2 bridgehead atoms. The minimum atomic E-state index is -1.29. The minimum Gasteiger partial charge on any atom is -0.477 e. The summed E-state index contributed by atoms with van der Waals surface area (Å²) < 4.78 is 16.7. The van der Waals surface area contributed by atoms with Gasteiger partial charge >= 0.3 is 5.97 Å². The smallest absolute Gasteiger partial charge is 0.341 e. The highest BCUT2D eigenvalue weighted by atomic mass is 19.1. The van der Waals surface area contributed by atoms with Crippen LogP contribution in [0.3, 0.4) is 0 Å². The Labute approximate surface area is 150 Å². The zero-order valence-corrected chi connectivity index (χ0v) is 14.7. The lowest BCUT2D eigenvalue weighted by molar-refractivity contribution is 0.0695. The lowest BCUT2D eigenvalue weighted by Crippen LogP contribution is -2.38. The van der Waals surface area contributed by atoms with Gasteiger partial charge in [0.15, 0.2) is 0 Å². The highest BCUT2D eigenvalue weighted by Gasteiger charge is 2.31. The van der Waals surface area contributed by atoms with Gasteiger partial charge in [-0.3, -0.25) is 4.79 Å². The molecule has 4 heterocycles. The summed E-state index contributed by atoms with van der Waals surface area (Å²) in [6.45, 7) is 6.12. The Morgan fingerprint density at radius 2 is 1.96 bits per heavy atom. The number of piperidine rings is 1. The fraction of sp³-hybridized carbons (Fsp3) is 0.474. The first-order chi connectivity index (χ1) is 12.5. The molecule has 26 heavy (non-hydrogen) atoms. The highest BCUT2D eigenvalue weighted by molar-refractivity contribution is 5.93. The number of nitrogens with zero attached hydrogens (tertiary/aromatic N) is 3. The molecule has 0 spiro atoms. The van der Waals surface area contributed by atoms with Gasteiger partial charge in [-0.05, 0) is 31.9 Å². The Balaban J connectivity index is 1.90. The number of fused-ring (bicyclic) bond motifs is 5. The van der Waals surface area contributed by atoms with Gasteiger partial charge in [0.05, 0.1) is 11.2 Å². The van der Waals surface area contributed by atoms with Crippen LogP contribution in [0.1, 0.15) is 30.1 Å². The predicted molar refractivity (Wildman–Crippen MR) is 97.6 cm³/mol. The van der Waals surface area contributed by atoms with Gasteiger partial charge in [0.25, 0.3) is 0 Å². The maximum absolute atomic E-state index is 15.0. The Morgan fingerprint density at radius 1 is 1.23 bits per heavy atom. The number of rotatable bonds is 3. The molecule has 0 unspecified atom stereocenters. The molecule has 1 aromatic carbocycles. The summed E-state index contributed by atoms with van der Waals surface area (Å²) in [6, 6.07) is 3.24. The first kappa shape index (κ1) is 17.0. The molecule has 0 aliphatic carbocycles. The van der Waals surface area contributed by atoms with E-state index in [1.165, 1.54) is 12.3 Å². The van der Waals surface area contributed by atoms with Crippen molar-refractivity contribution in [1.82, 2.24) is 9.47 Å². The minimum absolute atomic E-state index is 0.121. The number of halogens is 1. The van der Waals surface area contributed by atoms with E-state index in [4.69, 9.17) is 0 Å². The van der Waals surface area contributed by atoms with Crippen molar-refractivity contribution in [3.8, 4) is 0 Å². The van der Waals surface area contributed by atoms with Crippen molar-refractivity contribution >= 4 is 22.6 Å². The number of pyridine rings is 1. The van der Waals surface area contributed by atoms with Gasteiger partial charge in [-0.2, -0.15) is 0 Å². The molecular weight excluding hydrogens is 337 g/mol. The fourth-order valence-corrected chi connectivity index (χ4v) is 4.24. The van der Waals surface area contributed by atoms with Crippen LogP contribution in [0.25, 0.3) is 10.9 Å². The molecule has 3 aliphatic heterocycles. The first-order valence-corrected chi connectivity index (χ1v) is 9.08. The number of aromatic carboxylic acids is 1. The lowest BCUT2D eigenvalue weighted by atomic mass is 10.0. The van der Waals surface area contributed by atoms with Gasteiger partial charge in [0, 0.05) is 50.3 Å². The number of hydrogen-bond donors (Lipinski definition) is 1. The van der Waals surface area contributed by atoms with Crippen LogP contribution in [0.2, 0.25) is 0 Å². The third kappa shape index (κ3) is 2.67. The van der Waals surface area contributed by atoms with E-state index in [9.17, 15) is 19.1 Å². The third-order valence-electron chi connectivity index (χ3n) is 5.68. The summed E-state index contributed by atoms with van der Waals surface area (Å²) in [5.74, 6) is -1.75. The van der Waals surface area contributed by atoms with E-state index in [0.29, 0.717) is 23.8 Å². The number of carboxylic acid groups (broad SMARTS) is 1. The molecule has 5 rings (SSSR count). The van der Waals surface area contributed by atoms with Gasteiger partial charge in [-0.25, -0.2) is 9.18 Å². The zero-order valence-electron chi connectivity index (χ0n) is 14.7. The Kier molecular flexibility index (Phi) is 4.19. The predicted octanol–water partition coefficient (Wildman–Crippen LogP) is 2.14. The first-order valence-electron chi connectivity index (χ1n) is 9.08. The quantitative estimate of drug-likeness (QED) is 0.910. The number of hydrogen-bond acceptors (Lipinski definition) is 4. The molecule has 0 amide bonds. The standard InChI is InChI=1S/C19H22FN3O3/c1-2-22-11-14(19(25)26)18(24)13-9-15(20)17(10-16(13)22)23-8-7-21-5-3-12(23)4-6-21/h9-12H,2-8H2,1H3,(H,25,26). The Hall–Kier alpha value is -2.41. The van der Waals surface area contributed by atoms with E-state index in [1.807, 2.05) is 6.92 Å².